The molecule has 1 saturated carbocycles. The fourth-order valence-electron chi connectivity index (χ4n) is 2.87. The number of fused-ring (bicyclic) bond motifs is 1. The molecule has 0 atom stereocenters. The highest BCUT2D eigenvalue weighted by atomic mass is 16.5. The summed E-state index contributed by atoms with van der Waals surface area (Å²) in [4.78, 5) is 4.55. The minimum atomic E-state index is 0.505. The second-order valence-electron chi connectivity index (χ2n) is 6.33. The molecule has 0 amide bonds. The highest BCUT2D eigenvalue weighted by Crippen LogP contribution is 2.48. The zero-order valence-corrected chi connectivity index (χ0v) is 13.0. The molecule has 1 N–H and O–H groups in total. The van der Waals surface area contributed by atoms with Crippen molar-refractivity contribution < 1.29 is 4.74 Å². The quantitative estimate of drug-likeness (QED) is 0.845. The van der Waals surface area contributed by atoms with Gasteiger partial charge in [0, 0.05) is 37.9 Å². The molecule has 1 aromatic heterocycles. The van der Waals surface area contributed by atoms with E-state index in [0.717, 1.165) is 30.9 Å². The van der Waals surface area contributed by atoms with Crippen molar-refractivity contribution in [2.75, 3.05) is 20.3 Å². The number of ether oxygens (including phenoxy) is 1. The molecule has 2 aromatic rings. The van der Waals surface area contributed by atoms with Gasteiger partial charge >= 0.3 is 0 Å². The zero-order chi connectivity index (χ0) is 14.7. The Kier molecular flexibility index (Phi) is 4.22. The third-order valence-corrected chi connectivity index (χ3v) is 4.52. The summed E-state index contributed by atoms with van der Waals surface area (Å²) in [6.45, 7) is 4.94. The van der Waals surface area contributed by atoms with Gasteiger partial charge < -0.3 is 10.1 Å². The van der Waals surface area contributed by atoms with Gasteiger partial charge in [-0.1, -0.05) is 12.1 Å². The smallest absolute Gasteiger partial charge is 0.0705 e. The van der Waals surface area contributed by atoms with Crippen LogP contribution in [0.25, 0.3) is 10.9 Å². The molecule has 1 fully saturated rings. The maximum absolute atomic E-state index is 5.21. The molecule has 1 aliphatic rings. The van der Waals surface area contributed by atoms with Crippen molar-refractivity contribution in [1.29, 1.82) is 0 Å². The van der Waals surface area contributed by atoms with Gasteiger partial charge in [-0.05, 0) is 55.4 Å². The third-order valence-electron chi connectivity index (χ3n) is 4.52. The van der Waals surface area contributed by atoms with Crippen LogP contribution in [0.1, 0.15) is 30.5 Å². The zero-order valence-electron chi connectivity index (χ0n) is 13.0. The summed E-state index contributed by atoms with van der Waals surface area (Å²) < 4.78 is 5.21. The standard InChI is InChI=1S/C18H24N2O/c1-14-3-5-16-11-15(4-6-17(16)20-14)12-19-13-18(7-8-18)9-10-21-2/h3-6,11,19H,7-10,12-13H2,1-2H3. The maximum Gasteiger partial charge on any atom is 0.0705 e. The lowest BCUT2D eigenvalue weighted by atomic mass is 10.0. The van der Waals surface area contributed by atoms with Gasteiger partial charge in [0.2, 0.25) is 0 Å². The number of hydrogen-bond donors (Lipinski definition) is 1. The average Bonchev–Trinajstić information content (AvgIpc) is 3.26. The molecule has 1 heterocycles. The highest BCUT2D eigenvalue weighted by Gasteiger charge is 2.41. The molecule has 0 spiro atoms. The molecular formula is C18H24N2O. The molecular weight excluding hydrogens is 260 g/mol. The van der Waals surface area contributed by atoms with Crippen molar-refractivity contribution in [2.24, 2.45) is 5.41 Å². The van der Waals surface area contributed by atoms with E-state index in [-0.39, 0.29) is 0 Å². The van der Waals surface area contributed by atoms with E-state index >= 15 is 0 Å². The van der Waals surface area contributed by atoms with E-state index < -0.39 is 0 Å². The maximum atomic E-state index is 5.21. The van der Waals surface area contributed by atoms with Crippen molar-refractivity contribution >= 4 is 10.9 Å². The van der Waals surface area contributed by atoms with Crippen LogP contribution in [0.5, 0.6) is 0 Å². The first kappa shape index (κ1) is 14.5. The largest absolute Gasteiger partial charge is 0.385 e. The van der Waals surface area contributed by atoms with E-state index in [9.17, 15) is 0 Å². The average molecular weight is 284 g/mol. The number of rotatable bonds is 7. The normalized spacial score (nSPS) is 16.3. The van der Waals surface area contributed by atoms with Crippen molar-refractivity contribution in [3.63, 3.8) is 0 Å². The van der Waals surface area contributed by atoms with E-state index in [1.807, 2.05) is 6.92 Å². The number of aromatic nitrogens is 1. The van der Waals surface area contributed by atoms with Crippen LogP contribution in [-0.2, 0) is 11.3 Å². The number of methoxy groups -OCH3 is 1. The van der Waals surface area contributed by atoms with E-state index in [2.05, 4.69) is 40.6 Å². The Morgan fingerprint density at radius 3 is 2.86 bits per heavy atom. The first-order chi connectivity index (χ1) is 10.2. The number of nitrogens with zero attached hydrogens (tertiary/aromatic N) is 1. The molecule has 0 bridgehead atoms. The summed E-state index contributed by atoms with van der Waals surface area (Å²) in [5.41, 5.74) is 3.99. The Morgan fingerprint density at radius 2 is 2.10 bits per heavy atom. The van der Waals surface area contributed by atoms with Gasteiger partial charge in [-0.25, -0.2) is 0 Å². The van der Waals surface area contributed by atoms with Gasteiger partial charge in [-0.15, -0.1) is 0 Å². The first-order valence-corrected chi connectivity index (χ1v) is 7.77. The topological polar surface area (TPSA) is 34.1 Å². The Hall–Kier alpha value is -1.45. The SMILES string of the molecule is COCCC1(CNCc2ccc3nc(C)ccc3c2)CC1. The summed E-state index contributed by atoms with van der Waals surface area (Å²) in [5.74, 6) is 0. The fraction of sp³-hybridized carbons (Fsp3) is 0.500. The third kappa shape index (κ3) is 3.60. The molecule has 0 aliphatic heterocycles. The molecule has 3 heteroatoms. The van der Waals surface area contributed by atoms with Gasteiger partial charge in [0.1, 0.15) is 0 Å². The predicted molar refractivity (Wildman–Crippen MR) is 86.3 cm³/mol. The second-order valence-corrected chi connectivity index (χ2v) is 6.33. The number of nitrogens with one attached hydrogen (secondary N) is 1. The highest BCUT2D eigenvalue weighted by molar-refractivity contribution is 5.79. The predicted octanol–water partition coefficient (Wildman–Crippen LogP) is 3.45. The van der Waals surface area contributed by atoms with E-state index in [1.54, 1.807) is 7.11 Å². The summed E-state index contributed by atoms with van der Waals surface area (Å²) in [6.07, 6.45) is 3.85. The monoisotopic (exact) mass is 284 g/mol. The summed E-state index contributed by atoms with van der Waals surface area (Å²) in [7, 11) is 1.79. The number of hydrogen-bond acceptors (Lipinski definition) is 3. The molecule has 1 aromatic carbocycles. The van der Waals surface area contributed by atoms with Crippen LogP contribution >= 0.6 is 0 Å². The number of pyridine rings is 1. The number of benzene rings is 1. The minimum Gasteiger partial charge on any atom is -0.385 e. The molecule has 21 heavy (non-hydrogen) atoms. The molecule has 0 radical (unpaired) electrons. The van der Waals surface area contributed by atoms with Crippen molar-refractivity contribution in [2.45, 2.75) is 32.7 Å². The van der Waals surface area contributed by atoms with E-state index in [0.29, 0.717) is 5.41 Å². The summed E-state index contributed by atoms with van der Waals surface area (Å²) >= 11 is 0. The lowest BCUT2D eigenvalue weighted by Crippen LogP contribution is -2.24. The first-order valence-electron chi connectivity index (χ1n) is 7.77. The van der Waals surface area contributed by atoms with Gasteiger partial charge in [0.25, 0.3) is 0 Å². The van der Waals surface area contributed by atoms with E-state index in [4.69, 9.17) is 4.74 Å². The molecule has 3 nitrogen and oxygen atoms in total. The number of aryl methyl sites for hydroxylation is 1. The van der Waals surface area contributed by atoms with E-state index in [1.165, 1.54) is 30.2 Å². The van der Waals surface area contributed by atoms with Crippen molar-refractivity contribution in [3.05, 3.63) is 41.6 Å². The van der Waals surface area contributed by atoms with Gasteiger partial charge in [0.15, 0.2) is 0 Å². The molecule has 3 rings (SSSR count). The summed E-state index contributed by atoms with van der Waals surface area (Å²) in [5, 5.41) is 4.84. The molecule has 1 aliphatic carbocycles. The fourth-order valence-corrected chi connectivity index (χ4v) is 2.87. The Bertz CT molecular complexity index is 620. The van der Waals surface area contributed by atoms with Gasteiger partial charge in [-0.3, -0.25) is 4.98 Å². The van der Waals surface area contributed by atoms with Crippen LogP contribution < -0.4 is 5.32 Å². The van der Waals surface area contributed by atoms with Crippen molar-refractivity contribution in [3.8, 4) is 0 Å². The van der Waals surface area contributed by atoms with Gasteiger partial charge in [-0.2, -0.15) is 0 Å². The van der Waals surface area contributed by atoms with Crippen molar-refractivity contribution in [1.82, 2.24) is 10.3 Å². The van der Waals surface area contributed by atoms with Crippen LogP contribution in [0, 0.1) is 12.3 Å². The molecule has 0 unspecified atom stereocenters. The van der Waals surface area contributed by atoms with Gasteiger partial charge in [0.05, 0.1) is 5.52 Å². The lowest BCUT2D eigenvalue weighted by molar-refractivity contribution is 0.171. The molecule has 112 valence electrons. The lowest BCUT2D eigenvalue weighted by Gasteiger charge is -2.15. The van der Waals surface area contributed by atoms with Crippen LogP contribution in [0.15, 0.2) is 30.3 Å². The summed E-state index contributed by atoms with van der Waals surface area (Å²) in [6, 6.07) is 10.8. The van der Waals surface area contributed by atoms with Crippen LogP contribution in [0.2, 0.25) is 0 Å². The second kappa shape index (κ2) is 6.12. The van der Waals surface area contributed by atoms with Crippen LogP contribution in [0.4, 0.5) is 0 Å². The minimum absolute atomic E-state index is 0.505. The Morgan fingerprint density at radius 1 is 1.24 bits per heavy atom. The Balaban J connectivity index is 1.57. The van der Waals surface area contributed by atoms with Crippen LogP contribution in [-0.4, -0.2) is 25.2 Å². The van der Waals surface area contributed by atoms with Crippen LogP contribution in [0.3, 0.4) is 0 Å². The Labute approximate surface area is 126 Å². The molecule has 0 saturated heterocycles.